The molecule has 7 heteroatoms. The Hall–Kier alpha value is -1.47. The van der Waals surface area contributed by atoms with Crippen LogP contribution in [-0.4, -0.2) is 45.0 Å². The lowest BCUT2D eigenvalue weighted by Gasteiger charge is -2.34. The topological polar surface area (TPSA) is 58.3 Å². The number of hydrogen-bond donors (Lipinski definition) is 0. The van der Waals surface area contributed by atoms with Gasteiger partial charge in [0, 0.05) is 44.7 Å². The van der Waals surface area contributed by atoms with E-state index in [0.717, 1.165) is 50.0 Å². The van der Waals surface area contributed by atoms with Crippen molar-refractivity contribution in [2.24, 2.45) is 0 Å². The highest BCUT2D eigenvalue weighted by molar-refractivity contribution is 6.99. The van der Waals surface area contributed by atoms with Gasteiger partial charge in [0.2, 0.25) is 0 Å². The van der Waals surface area contributed by atoms with Crippen LogP contribution in [0.1, 0.15) is 30.2 Å². The number of aromatic nitrogens is 3. The van der Waals surface area contributed by atoms with Gasteiger partial charge in [-0.3, -0.25) is 4.90 Å². The molecule has 1 saturated carbocycles. The summed E-state index contributed by atoms with van der Waals surface area (Å²) in [7, 11) is 0. The summed E-state index contributed by atoms with van der Waals surface area (Å²) in [6, 6.07) is 2.13. The van der Waals surface area contributed by atoms with Crippen molar-refractivity contribution in [2.45, 2.75) is 25.3 Å². The molecule has 2 aromatic heterocycles. The van der Waals surface area contributed by atoms with Crippen LogP contribution in [0.25, 0.3) is 0 Å². The van der Waals surface area contributed by atoms with E-state index >= 15 is 0 Å². The monoisotopic (exact) mass is 291 g/mol. The van der Waals surface area contributed by atoms with E-state index in [4.69, 9.17) is 4.52 Å². The van der Waals surface area contributed by atoms with Crippen LogP contribution in [0.15, 0.2) is 16.8 Å². The van der Waals surface area contributed by atoms with Crippen LogP contribution >= 0.6 is 11.7 Å². The molecular formula is C13H17N5OS. The van der Waals surface area contributed by atoms with Crippen LogP contribution in [0.3, 0.4) is 0 Å². The number of piperazine rings is 1. The Kier molecular flexibility index (Phi) is 3.16. The molecule has 2 aromatic rings. The second-order valence-corrected chi connectivity index (χ2v) is 6.08. The van der Waals surface area contributed by atoms with E-state index in [0.29, 0.717) is 5.92 Å². The maximum Gasteiger partial charge on any atom is 0.162 e. The first kappa shape index (κ1) is 12.3. The molecular weight excluding hydrogens is 274 g/mol. The summed E-state index contributed by atoms with van der Waals surface area (Å²) in [4.78, 5) is 4.71. The smallest absolute Gasteiger partial charge is 0.162 e. The second-order valence-electron chi connectivity index (χ2n) is 5.52. The van der Waals surface area contributed by atoms with Crippen molar-refractivity contribution in [1.29, 1.82) is 0 Å². The average molecular weight is 291 g/mol. The molecule has 0 bridgehead atoms. The van der Waals surface area contributed by atoms with Gasteiger partial charge in [-0.25, -0.2) is 0 Å². The number of rotatable bonds is 4. The first-order valence-corrected chi connectivity index (χ1v) is 7.82. The summed E-state index contributed by atoms with van der Waals surface area (Å²) in [6.45, 7) is 4.95. The van der Waals surface area contributed by atoms with Gasteiger partial charge in [-0.15, -0.1) is 0 Å². The molecule has 3 heterocycles. The van der Waals surface area contributed by atoms with Crippen molar-refractivity contribution in [3.63, 3.8) is 0 Å². The largest absolute Gasteiger partial charge is 0.361 e. The highest BCUT2D eigenvalue weighted by atomic mass is 32.1. The molecule has 0 radical (unpaired) electrons. The molecule has 1 saturated heterocycles. The van der Waals surface area contributed by atoms with Gasteiger partial charge in [0.05, 0.1) is 23.6 Å². The third kappa shape index (κ3) is 2.55. The van der Waals surface area contributed by atoms with E-state index in [1.54, 1.807) is 0 Å². The average Bonchev–Trinajstić information content (AvgIpc) is 3.00. The van der Waals surface area contributed by atoms with Crippen molar-refractivity contribution in [2.75, 3.05) is 31.1 Å². The van der Waals surface area contributed by atoms with Gasteiger partial charge in [0.15, 0.2) is 5.82 Å². The fraction of sp³-hybridized carbons (Fsp3) is 0.615. The SMILES string of the molecule is c1nsnc1N1CCN(Cc2cc(C3CC3)on2)CC1. The van der Waals surface area contributed by atoms with Crippen LogP contribution in [0, 0.1) is 0 Å². The van der Waals surface area contributed by atoms with E-state index in [9.17, 15) is 0 Å². The second kappa shape index (κ2) is 5.14. The van der Waals surface area contributed by atoms with Gasteiger partial charge in [-0.1, -0.05) is 5.16 Å². The molecule has 0 unspecified atom stereocenters. The molecule has 4 rings (SSSR count). The van der Waals surface area contributed by atoms with E-state index in [2.05, 4.69) is 29.8 Å². The molecule has 2 aliphatic rings. The fourth-order valence-electron chi connectivity index (χ4n) is 2.63. The Morgan fingerprint density at radius 3 is 2.80 bits per heavy atom. The van der Waals surface area contributed by atoms with Crippen molar-refractivity contribution >= 4 is 17.5 Å². The van der Waals surface area contributed by atoms with Gasteiger partial charge < -0.3 is 9.42 Å². The van der Waals surface area contributed by atoms with E-state index in [1.807, 2.05) is 6.20 Å². The first-order chi connectivity index (χ1) is 9.88. The summed E-state index contributed by atoms with van der Waals surface area (Å²) in [5.74, 6) is 2.73. The predicted molar refractivity (Wildman–Crippen MR) is 75.9 cm³/mol. The molecule has 106 valence electrons. The minimum absolute atomic E-state index is 0.644. The van der Waals surface area contributed by atoms with Crippen LogP contribution in [0.5, 0.6) is 0 Å². The third-order valence-electron chi connectivity index (χ3n) is 3.99. The van der Waals surface area contributed by atoms with E-state index in [1.165, 1.54) is 24.6 Å². The fourth-order valence-corrected chi connectivity index (χ4v) is 3.06. The predicted octanol–water partition coefficient (Wildman–Crippen LogP) is 1.73. The van der Waals surface area contributed by atoms with Crippen LogP contribution < -0.4 is 4.90 Å². The molecule has 0 N–H and O–H groups in total. The summed E-state index contributed by atoms with van der Waals surface area (Å²) in [5.41, 5.74) is 1.07. The zero-order valence-corrected chi connectivity index (χ0v) is 12.1. The minimum atomic E-state index is 0.644. The van der Waals surface area contributed by atoms with E-state index in [-0.39, 0.29) is 0 Å². The summed E-state index contributed by atoms with van der Waals surface area (Å²) in [5, 5.41) is 4.19. The number of nitrogens with zero attached hydrogens (tertiary/aromatic N) is 5. The Bertz CT molecular complexity index is 557. The van der Waals surface area contributed by atoms with E-state index < -0.39 is 0 Å². The summed E-state index contributed by atoms with van der Waals surface area (Å²) >= 11 is 1.27. The van der Waals surface area contributed by atoms with Crippen LogP contribution in [0.2, 0.25) is 0 Å². The lowest BCUT2D eigenvalue weighted by Crippen LogP contribution is -2.46. The highest BCUT2D eigenvalue weighted by Crippen LogP contribution is 2.40. The van der Waals surface area contributed by atoms with Crippen molar-refractivity contribution in [3.8, 4) is 0 Å². The molecule has 0 amide bonds. The van der Waals surface area contributed by atoms with Gasteiger partial charge in [0.1, 0.15) is 5.76 Å². The standard InChI is InChI=1S/C13H17N5OS/c1-2-10(1)12-7-11(15-19-12)9-17-3-5-18(6-4-17)13-8-14-20-16-13/h7-8,10H,1-6,9H2. The normalized spacial score (nSPS) is 20.5. The lowest BCUT2D eigenvalue weighted by atomic mass is 10.2. The van der Waals surface area contributed by atoms with Gasteiger partial charge >= 0.3 is 0 Å². The Labute approximate surface area is 121 Å². The van der Waals surface area contributed by atoms with Gasteiger partial charge in [0.25, 0.3) is 0 Å². The Balaban J connectivity index is 1.32. The van der Waals surface area contributed by atoms with Gasteiger partial charge in [-0.2, -0.15) is 8.75 Å². The molecule has 2 fully saturated rings. The third-order valence-corrected chi connectivity index (χ3v) is 4.46. The summed E-state index contributed by atoms with van der Waals surface area (Å²) < 4.78 is 13.8. The maximum atomic E-state index is 5.41. The molecule has 0 spiro atoms. The zero-order chi connectivity index (χ0) is 13.4. The van der Waals surface area contributed by atoms with Crippen molar-refractivity contribution in [1.82, 2.24) is 18.8 Å². The van der Waals surface area contributed by atoms with Crippen LogP contribution in [0.4, 0.5) is 5.82 Å². The Morgan fingerprint density at radius 1 is 1.25 bits per heavy atom. The highest BCUT2D eigenvalue weighted by Gasteiger charge is 2.28. The first-order valence-electron chi connectivity index (χ1n) is 7.09. The molecule has 20 heavy (non-hydrogen) atoms. The maximum absolute atomic E-state index is 5.41. The molecule has 1 aliphatic heterocycles. The molecule has 0 atom stereocenters. The van der Waals surface area contributed by atoms with Crippen LogP contribution in [-0.2, 0) is 6.54 Å². The van der Waals surface area contributed by atoms with Gasteiger partial charge in [-0.05, 0) is 12.8 Å². The minimum Gasteiger partial charge on any atom is -0.361 e. The zero-order valence-electron chi connectivity index (χ0n) is 11.2. The van der Waals surface area contributed by atoms with Crippen molar-refractivity contribution in [3.05, 3.63) is 23.7 Å². The molecule has 0 aromatic carbocycles. The molecule has 6 nitrogen and oxygen atoms in total. The van der Waals surface area contributed by atoms with Crippen molar-refractivity contribution < 1.29 is 4.52 Å². The Morgan fingerprint density at radius 2 is 2.10 bits per heavy atom. The number of anilines is 1. The summed E-state index contributed by atoms with van der Waals surface area (Å²) in [6.07, 6.45) is 4.36. The lowest BCUT2D eigenvalue weighted by molar-refractivity contribution is 0.241. The molecule has 1 aliphatic carbocycles. The number of hydrogen-bond acceptors (Lipinski definition) is 7. The quantitative estimate of drug-likeness (QED) is 0.855.